The molecule has 1 fully saturated rings. The van der Waals surface area contributed by atoms with Crippen LogP contribution in [0.4, 0.5) is 0 Å². The summed E-state index contributed by atoms with van der Waals surface area (Å²) >= 11 is 0. The Morgan fingerprint density at radius 1 is 0.974 bits per heavy atom. The van der Waals surface area contributed by atoms with Crippen molar-refractivity contribution < 1.29 is 19.4 Å². The normalized spacial score (nSPS) is 13.9. The van der Waals surface area contributed by atoms with Gasteiger partial charge in [-0.2, -0.15) is 0 Å². The minimum atomic E-state index is -0.959. The lowest BCUT2D eigenvalue weighted by Gasteiger charge is -2.25. The van der Waals surface area contributed by atoms with E-state index in [2.05, 4.69) is 4.57 Å². The van der Waals surface area contributed by atoms with Crippen LogP contribution in [0.5, 0.6) is 5.75 Å². The number of ether oxygens (including phenoxy) is 1. The van der Waals surface area contributed by atoms with Crippen LogP contribution in [0, 0.1) is 0 Å². The second-order valence-corrected chi connectivity index (χ2v) is 10.0. The number of carbonyl (C=O) groups excluding carboxylic acids is 1. The summed E-state index contributed by atoms with van der Waals surface area (Å²) in [5, 5.41) is 9.46. The quantitative estimate of drug-likeness (QED) is 0.303. The molecule has 3 aromatic carbocycles. The number of aromatic carboxylic acids is 1. The van der Waals surface area contributed by atoms with E-state index in [1.165, 1.54) is 19.3 Å². The molecule has 4 aromatic rings. The molecule has 0 saturated heterocycles. The molecule has 0 atom stereocenters. The molecule has 1 aromatic heterocycles. The molecule has 7 nitrogen and oxygen atoms in total. The molecule has 1 saturated carbocycles. The first-order valence-electron chi connectivity index (χ1n) is 13.2. The summed E-state index contributed by atoms with van der Waals surface area (Å²) in [5.41, 5.74) is 4.56. The van der Waals surface area contributed by atoms with Crippen molar-refractivity contribution in [1.29, 1.82) is 0 Å². The first-order valence-corrected chi connectivity index (χ1v) is 13.2. The van der Waals surface area contributed by atoms with Crippen LogP contribution in [-0.2, 0) is 6.42 Å². The molecular formula is C31H33N3O4. The molecule has 0 radical (unpaired) electrons. The monoisotopic (exact) mass is 511 g/mol. The van der Waals surface area contributed by atoms with Gasteiger partial charge in [0.25, 0.3) is 5.91 Å². The van der Waals surface area contributed by atoms with Gasteiger partial charge < -0.3 is 19.3 Å². The first-order chi connectivity index (χ1) is 18.4. The number of amides is 1. The van der Waals surface area contributed by atoms with Gasteiger partial charge >= 0.3 is 5.97 Å². The Balaban J connectivity index is 1.37. The summed E-state index contributed by atoms with van der Waals surface area (Å²) < 4.78 is 7.49. The van der Waals surface area contributed by atoms with Crippen molar-refractivity contribution in [3.05, 3.63) is 83.4 Å². The highest BCUT2D eigenvalue weighted by Crippen LogP contribution is 2.36. The van der Waals surface area contributed by atoms with Crippen LogP contribution in [-0.4, -0.2) is 52.1 Å². The second-order valence-electron chi connectivity index (χ2n) is 10.0. The zero-order valence-corrected chi connectivity index (χ0v) is 21.9. The van der Waals surface area contributed by atoms with Crippen molar-refractivity contribution in [1.82, 2.24) is 14.5 Å². The van der Waals surface area contributed by atoms with Crippen molar-refractivity contribution in [2.75, 3.05) is 20.7 Å². The lowest BCUT2D eigenvalue weighted by Crippen LogP contribution is -2.28. The van der Waals surface area contributed by atoms with E-state index in [0.717, 1.165) is 47.5 Å². The summed E-state index contributed by atoms with van der Waals surface area (Å²) in [5.74, 6) is 0.649. The highest BCUT2D eigenvalue weighted by molar-refractivity contribution is 5.95. The topological polar surface area (TPSA) is 84.7 Å². The molecule has 1 aliphatic carbocycles. The Morgan fingerprint density at radius 2 is 1.66 bits per heavy atom. The van der Waals surface area contributed by atoms with E-state index in [9.17, 15) is 14.7 Å². The highest BCUT2D eigenvalue weighted by Gasteiger charge is 2.23. The molecule has 1 N–H and O–H groups in total. The number of imidazole rings is 1. The van der Waals surface area contributed by atoms with E-state index < -0.39 is 5.97 Å². The predicted octanol–water partition coefficient (Wildman–Crippen LogP) is 6.23. The Labute approximate surface area is 222 Å². The first kappa shape index (κ1) is 25.5. The average molecular weight is 512 g/mol. The number of hydrogen-bond acceptors (Lipinski definition) is 4. The van der Waals surface area contributed by atoms with E-state index in [-0.39, 0.29) is 11.5 Å². The second kappa shape index (κ2) is 11.1. The predicted molar refractivity (Wildman–Crippen MR) is 148 cm³/mol. The molecular weight excluding hydrogens is 478 g/mol. The molecule has 1 heterocycles. The van der Waals surface area contributed by atoms with E-state index in [4.69, 9.17) is 9.72 Å². The largest absolute Gasteiger partial charge is 0.497 e. The number of nitrogens with zero attached hydrogens (tertiary/aromatic N) is 3. The van der Waals surface area contributed by atoms with Crippen LogP contribution < -0.4 is 4.74 Å². The lowest BCUT2D eigenvalue weighted by atomic mass is 9.94. The van der Waals surface area contributed by atoms with Crippen LogP contribution in [0.2, 0.25) is 0 Å². The summed E-state index contributed by atoms with van der Waals surface area (Å²) in [4.78, 5) is 31.3. The Bertz CT molecular complexity index is 1430. The van der Waals surface area contributed by atoms with Crippen molar-refractivity contribution >= 4 is 22.9 Å². The summed E-state index contributed by atoms with van der Waals surface area (Å²) in [6.07, 6.45) is 6.50. The minimum absolute atomic E-state index is 0.0306. The summed E-state index contributed by atoms with van der Waals surface area (Å²) in [6, 6.07) is 21.0. The van der Waals surface area contributed by atoms with E-state index in [1.807, 2.05) is 61.6 Å². The number of hydrogen-bond donors (Lipinski definition) is 1. The molecule has 5 rings (SSSR count). The Kier molecular flexibility index (Phi) is 7.45. The molecule has 1 aliphatic rings. The molecule has 196 valence electrons. The lowest BCUT2D eigenvalue weighted by molar-refractivity contribution is 0.0696. The van der Waals surface area contributed by atoms with Gasteiger partial charge in [0.2, 0.25) is 0 Å². The van der Waals surface area contributed by atoms with Crippen molar-refractivity contribution in [3.63, 3.8) is 0 Å². The number of rotatable bonds is 8. The van der Waals surface area contributed by atoms with Gasteiger partial charge in [-0.1, -0.05) is 43.5 Å². The number of carbonyl (C=O) groups is 2. The molecule has 7 heteroatoms. The van der Waals surface area contributed by atoms with Gasteiger partial charge in [0, 0.05) is 30.8 Å². The van der Waals surface area contributed by atoms with Crippen molar-refractivity contribution in [2.24, 2.45) is 0 Å². The fourth-order valence-electron chi connectivity index (χ4n) is 5.32. The number of benzene rings is 3. The number of carboxylic acids is 1. The maximum atomic E-state index is 13.1. The van der Waals surface area contributed by atoms with Gasteiger partial charge in [0.1, 0.15) is 11.6 Å². The fraction of sp³-hybridized carbons (Fsp3) is 0.323. The maximum absolute atomic E-state index is 13.1. The zero-order valence-electron chi connectivity index (χ0n) is 21.9. The Morgan fingerprint density at radius 3 is 2.32 bits per heavy atom. The van der Waals surface area contributed by atoms with Crippen LogP contribution in [0.3, 0.4) is 0 Å². The van der Waals surface area contributed by atoms with Crippen LogP contribution in [0.1, 0.15) is 64.4 Å². The number of likely N-dealkylation sites (N-methyl/N-ethyl adjacent to an activating group) is 1. The Hall–Kier alpha value is -4.13. The van der Waals surface area contributed by atoms with Gasteiger partial charge in [-0.05, 0) is 67.3 Å². The SMILES string of the molecule is COc1ccc(CCN(C)C(=O)c2ccc(-c3nc4cc(C(=O)O)ccc4n3C3CCCCC3)cc2)cc1. The third-order valence-electron chi connectivity index (χ3n) is 7.51. The summed E-state index contributed by atoms with van der Waals surface area (Å²) in [6.45, 7) is 0.607. The maximum Gasteiger partial charge on any atom is 0.335 e. The van der Waals surface area contributed by atoms with Crippen molar-refractivity contribution in [3.8, 4) is 17.1 Å². The van der Waals surface area contributed by atoms with E-state index in [0.29, 0.717) is 23.7 Å². The number of aromatic nitrogens is 2. The van der Waals surface area contributed by atoms with Crippen LogP contribution in [0.15, 0.2) is 66.7 Å². The van der Waals surface area contributed by atoms with Crippen LogP contribution >= 0.6 is 0 Å². The van der Waals surface area contributed by atoms with Crippen LogP contribution in [0.25, 0.3) is 22.4 Å². The smallest absolute Gasteiger partial charge is 0.335 e. The molecule has 0 bridgehead atoms. The van der Waals surface area contributed by atoms with Crippen molar-refractivity contribution in [2.45, 2.75) is 44.6 Å². The molecule has 0 spiro atoms. The van der Waals surface area contributed by atoms with Gasteiger partial charge in [0.05, 0.1) is 23.7 Å². The fourth-order valence-corrected chi connectivity index (χ4v) is 5.32. The molecule has 38 heavy (non-hydrogen) atoms. The molecule has 0 unspecified atom stereocenters. The number of methoxy groups -OCH3 is 1. The third kappa shape index (κ3) is 5.28. The number of carboxylic acid groups (broad SMARTS) is 1. The molecule has 0 aliphatic heterocycles. The molecule has 1 amide bonds. The average Bonchev–Trinajstić information content (AvgIpc) is 3.35. The van der Waals surface area contributed by atoms with Gasteiger partial charge in [-0.25, -0.2) is 9.78 Å². The highest BCUT2D eigenvalue weighted by atomic mass is 16.5. The number of fused-ring (bicyclic) bond motifs is 1. The minimum Gasteiger partial charge on any atom is -0.497 e. The van der Waals surface area contributed by atoms with E-state index >= 15 is 0 Å². The van der Waals surface area contributed by atoms with Gasteiger partial charge in [-0.3, -0.25) is 4.79 Å². The van der Waals surface area contributed by atoms with Gasteiger partial charge in [0.15, 0.2) is 0 Å². The zero-order chi connectivity index (χ0) is 26.6. The third-order valence-corrected chi connectivity index (χ3v) is 7.51. The summed E-state index contributed by atoms with van der Waals surface area (Å²) in [7, 11) is 3.47. The van der Waals surface area contributed by atoms with Gasteiger partial charge in [-0.15, -0.1) is 0 Å². The standard InChI is InChI=1S/C31H33N3O4/c1-33(19-18-21-8-15-26(38-2)16-9-21)30(35)23-12-10-22(11-13-23)29-32-27-20-24(31(36)37)14-17-28(27)34(29)25-6-4-3-5-7-25/h8-17,20,25H,3-7,18-19H2,1-2H3,(H,36,37). The van der Waals surface area contributed by atoms with E-state index in [1.54, 1.807) is 24.1 Å².